The van der Waals surface area contributed by atoms with E-state index < -0.39 is 0 Å². The summed E-state index contributed by atoms with van der Waals surface area (Å²) in [5.41, 5.74) is 0.620. The van der Waals surface area contributed by atoms with E-state index in [9.17, 15) is 4.79 Å². The van der Waals surface area contributed by atoms with E-state index in [1.54, 1.807) is 6.20 Å². The van der Waals surface area contributed by atoms with Gasteiger partial charge in [-0.15, -0.1) is 0 Å². The molecular weight excluding hydrogens is 174 g/mol. The maximum Gasteiger partial charge on any atom is 0.345 e. The Kier molecular flexibility index (Phi) is 2.88. The Morgan fingerprint density at radius 2 is 2.33 bits per heavy atom. The molecule has 1 rings (SSSR count). The summed E-state index contributed by atoms with van der Waals surface area (Å²) < 4.78 is 0. The van der Waals surface area contributed by atoms with Crippen molar-refractivity contribution in [3.05, 3.63) is 22.2 Å². The first-order chi connectivity index (χ1) is 5.65. The Hall–Kier alpha value is -0.810. The number of aromatic nitrogens is 2. The zero-order chi connectivity index (χ0) is 9.14. The van der Waals surface area contributed by atoms with Crippen LogP contribution in [0, 0.1) is 0 Å². The van der Waals surface area contributed by atoms with Gasteiger partial charge in [-0.25, -0.2) is 9.78 Å². The molecule has 0 unspecified atom stereocenters. The van der Waals surface area contributed by atoms with Gasteiger partial charge < -0.3 is 0 Å². The van der Waals surface area contributed by atoms with Gasteiger partial charge in [-0.1, -0.05) is 13.8 Å². The monoisotopic (exact) mass is 185 g/mol. The molecule has 0 radical (unpaired) electrons. The third kappa shape index (κ3) is 1.86. The van der Waals surface area contributed by atoms with E-state index in [4.69, 9.17) is 5.14 Å². The lowest BCUT2D eigenvalue weighted by Gasteiger charge is -2.07. The van der Waals surface area contributed by atoms with E-state index in [0.29, 0.717) is 10.9 Å². The maximum atomic E-state index is 10.8. The number of nitrogens with one attached hydrogen (secondary N) is 1. The minimum absolute atomic E-state index is 0.320. The van der Waals surface area contributed by atoms with E-state index in [1.807, 2.05) is 13.8 Å². The average Bonchev–Trinajstić information content (AvgIpc) is 2.03. The Morgan fingerprint density at radius 3 is 2.83 bits per heavy atom. The van der Waals surface area contributed by atoms with Gasteiger partial charge in [0.25, 0.3) is 0 Å². The molecule has 0 bridgehead atoms. The van der Waals surface area contributed by atoms with Crippen molar-refractivity contribution < 1.29 is 0 Å². The van der Waals surface area contributed by atoms with Crippen LogP contribution in [0.2, 0.25) is 0 Å². The van der Waals surface area contributed by atoms with Crippen LogP contribution in [0.25, 0.3) is 0 Å². The lowest BCUT2D eigenvalue weighted by atomic mass is 10.1. The van der Waals surface area contributed by atoms with E-state index >= 15 is 0 Å². The lowest BCUT2D eigenvalue weighted by Crippen LogP contribution is -2.13. The van der Waals surface area contributed by atoms with E-state index in [2.05, 4.69) is 9.97 Å². The number of H-pyrrole nitrogens is 1. The molecule has 0 aliphatic heterocycles. The molecule has 0 aliphatic rings. The standard InChI is InChI=1S/C7H11N3OS/c1-4(2)5-3-9-7(11)10-6(5)12-8/h3-4H,8H2,1-2H3,(H,9,10,11). The molecule has 4 nitrogen and oxygen atoms in total. The fraction of sp³-hybridized carbons (Fsp3) is 0.429. The topological polar surface area (TPSA) is 71.8 Å². The molecule has 5 heteroatoms. The first-order valence-corrected chi connectivity index (χ1v) is 4.49. The molecule has 66 valence electrons. The van der Waals surface area contributed by atoms with Gasteiger partial charge in [0.1, 0.15) is 0 Å². The Labute approximate surface area is 74.7 Å². The Morgan fingerprint density at radius 1 is 1.67 bits per heavy atom. The van der Waals surface area contributed by atoms with Crippen molar-refractivity contribution >= 4 is 11.9 Å². The quantitative estimate of drug-likeness (QED) is 0.529. The van der Waals surface area contributed by atoms with Gasteiger partial charge in [0.15, 0.2) is 0 Å². The zero-order valence-electron chi connectivity index (χ0n) is 7.00. The molecule has 1 heterocycles. The van der Waals surface area contributed by atoms with Gasteiger partial charge in [0, 0.05) is 11.8 Å². The zero-order valence-corrected chi connectivity index (χ0v) is 7.81. The minimum Gasteiger partial charge on any atom is -0.299 e. The van der Waals surface area contributed by atoms with Crippen molar-refractivity contribution in [1.82, 2.24) is 9.97 Å². The molecule has 0 atom stereocenters. The van der Waals surface area contributed by atoms with Crippen LogP contribution >= 0.6 is 11.9 Å². The fourth-order valence-electron chi connectivity index (χ4n) is 0.897. The molecule has 3 N–H and O–H groups in total. The number of aromatic amines is 1. The van der Waals surface area contributed by atoms with Crippen molar-refractivity contribution in [2.75, 3.05) is 0 Å². The second kappa shape index (κ2) is 3.73. The van der Waals surface area contributed by atoms with Gasteiger partial charge >= 0.3 is 5.69 Å². The summed E-state index contributed by atoms with van der Waals surface area (Å²) in [5.74, 6) is 0.320. The molecule has 0 aromatic carbocycles. The highest BCUT2D eigenvalue weighted by Crippen LogP contribution is 2.20. The third-order valence-electron chi connectivity index (χ3n) is 1.54. The molecule has 1 aromatic rings. The Balaban J connectivity index is 3.20. The summed E-state index contributed by atoms with van der Waals surface area (Å²) in [6.45, 7) is 4.05. The molecule has 0 aliphatic carbocycles. The summed E-state index contributed by atoms with van der Waals surface area (Å²) in [4.78, 5) is 17.0. The van der Waals surface area contributed by atoms with Crippen LogP contribution in [-0.4, -0.2) is 9.97 Å². The molecule has 1 aromatic heterocycles. The molecule has 0 saturated carbocycles. The van der Waals surface area contributed by atoms with Crippen molar-refractivity contribution in [3.8, 4) is 0 Å². The number of hydrogen-bond donors (Lipinski definition) is 2. The van der Waals surface area contributed by atoms with Gasteiger partial charge in [0.05, 0.1) is 5.03 Å². The number of hydrogen-bond acceptors (Lipinski definition) is 4. The van der Waals surface area contributed by atoms with Gasteiger partial charge in [0.2, 0.25) is 0 Å². The van der Waals surface area contributed by atoms with Crippen LogP contribution in [0.4, 0.5) is 0 Å². The number of nitrogens with zero attached hydrogens (tertiary/aromatic N) is 1. The van der Waals surface area contributed by atoms with Crippen LogP contribution in [0.5, 0.6) is 0 Å². The summed E-state index contributed by atoms with van der Waals surface area (Å²) in [6, 6.07) is 0. The highest BCUT2D eigenvalue weighted by atomic mass is 32.2. The van der Waals surface area contributed by atoms with Crippen molar-refractivity contribution in [2.24, 2.45) is 5.14 Å². The van der Waals surface area contributed by atoms with Crippen molar-refractivity contribution in [3.63, 3.8) is 0 Å². The second-order valence-electron chi connectivity index (χ2n) is 2.75. The highest BCUT2D eigenvalue weighted by molar-refractivity contribution is 7.97. The minimum atomic E-state index is -0.354. The summed E-state index contributed by atoms with van der Waals surface area (Å²) in [6.07, 6.45) is 1.57. The van der Waals surface area contributed by atoms with Crippen LogP contribution in [0.1, 0.15) is 25.3 Å². The second-order valence-corrected chi connectivity index (χ2v) is 3.39. The van der Waals surface area contributed by atoms with Crippen molar-refractivity contribution in [2.45, 2.75) is 24.8 Å². The van der Waals surface area contributed by atoms with Gasteiger partial charge in [-0.2, -0.15) is 0 Å². The lowest BCUT2D eigenvalue weighted by molar-refractivity contribution is 0.790. The maximum absolute atomic E-state index is 10.8. The van der Waals surface area contributed by atoms with Crippen molar-refractivity contribution in [1.29, 1.82) is 0 Å². The fourth-order valence-corrected chi connectivity index (χ4v) is 1.47. The molecule has 0 spiro atoms. The summed E-state index contributed by atoms with van der Waals surface area (Å²) in [5, 5.41) is 6.08. The van der Waals surface area contributed by atoms with E-state index in [1.165, 1.54) is 0 Å². The summed E-state index contributed by atoms with van der Waals surface area (Å²) >= 11 is 1.04. The molecule has 0 fully saturated rings. The average molecular weight is 185 g/mol. The van der Waals surface area contributed by atoms with Crippen LogP contribution < -0.4 is 10.8 Å². The van der Waals surface area contributed by atoms with Crippen LogP contribution in [0.3, 0.4) is 0 Å². The SMILES string of the molecule is CC(C)c1cnc(=O)[nH]c1SN. The van der Waals surface area contributed by atoms with Gasteiger partial charge in [-0.05, 0) is 17.9 Å². The predicted molar refractivity (Wildman–Crippen MR) is 49.0 cm³/mol. The smallest absolute Gasteiger partial charge is 0.299 e. The first kappa shape index (κ1) is 9.28. The van der Waals surface area contributed by atoms with Gasteiger partial charge in [-0.3, -0.25) is 10.1 Å². The van der Waals surface area contributed by atoms with E-state index in [0.717, 1.165) is 17.5 Å². The third-order valence-corrected chi connectivity index (χ3v) is 2.12. The molecular formula is C7H11N3OS. The van der Waals surface area contributed by atoms with E-state index in [-0.39, 0.29) is 5.69 Å². The number of nitrogens with two attached hydrogens (primary N) is 1. The normalized spacial score (nSPS) is 10.7. The molecule has 0 saturated heterocycles. The van der Waals surface area contributed by atoms with Crippen LogP contribution in [0.15, 0.2) is 16.0 Å². The number of rotatable bonds is 2. The largest absolute Gasteiger partial charge is 0.345 e. The molecule has 12 heavy (non-hydrogen) atoms. The summed E-state index contributed by atoms with van der Waals surface area (Å²) in [7, 11) is 0. The predicted octanol–water partition coefficient (Wildman–Crippen LogP) is 0.859. The first-order valence-electron chi connectivity index (χ1n) is 3.61. The highest BCUT2D eigenvalue weighted by Gasteiger charge is 2.06. The Bertz CT molecular complexity index is 321. The molecule has 0 amide bonds. The van der Waals surface area contributed by atoms with Crippen LogP contribution in [-0.2, 0) is 0 Å².